The zero-order chi connectivity index (χ0) is 19.1. The number of aromatic nitrogens is 5. The van der Waals surface area contributed by atoms with Crippen LogP contribution in [0.1, 0.15) is 32.1 Å². The van der Waals surface area contributed by atoms with E-state index >= 15 is 0 Å². The lowest BCUT2D eigenvalue weighted by molar-refractivity contribution is 0.197. The number of imidazole rings is 1. The van der Waals surface area contributed by atoms with E-state index in [2.05, 4.69) is 24.5 Å². The van der Waals surface area contributed by atoms with E-state index in [1.165, 1.54) is 31.0 Å². The van der Waals surface area contributed by atoms with Crippen molar-refractivity contribution >= 4 is 35.0 Å². The van der Waals surface area contributed by atoms with Crippen LogP contribution in [0.4, 0.5) is 5.95 Å². The van der Waals surface area contributed by atoms with Crippen molar-refractivity contribution in [1.29, 1.82) is 0 Å². The molecule has 9 heteroatoms. The maximum absolute atomic E-state index is 6.44. The van der Waals surface area contributed by atoms with Crippen LogP contribution in [-0.4, -0.2) is 43.7 Å². The van der Waals surface area contributed by atoms with Gasteiger partial charge in [-0.25, -0.2) is 9.97 Å². The Morgan fingerprint density at radius 1 is 1.14 bits per heavy atom. The monoisotopic (exact) mass is 415 g/mol. The normalized spacial score (nSPS) is 21.6. The van der Waals surface area contributed by atoms with E-state index in [-0.39, 0.29) is 0 Å². The third kappa shape index (κ3) is 3.03. The SMILES string of the molecule is N[C@@H]1CCCC12CCN(c1ncc(Sc3ccnnc3Cl)c3nccn13)CC2. The second-order valence-electron chi connectivity index (χ2n) is 7.68. The molecule has 2 aliphatic rings. The Morgan fingerprint density at radius 3 is 2.75 bits per heavy atom. The van der Waals surface area contributed by atoms with E-state index in [9.17, 15) is 0 Å². The van der Waals surface area contributed by atoms with E-state index in [0.29, 0.717) is 16.6 Å². The van der Waals surface area contributed by atoms with Crippen molar-refractivity contribution < 1.29 is 0 Å². The zero-order valence-corrected chi connectivity index (χ0v) is 17.0. The highest BCUT2D eigenvalue weighted by Crippen LogP contribution is 2.46. The van der Waals surface area contributed by atoms with Crippen LogP contribution in [-0.2, 0) is 0 Å². The molecule has 7 nitrogen and oxygen atoms in total. The maximum atomic E-state index is 6.44. The maximum Gasteiger partial charge on any atom is 0.211 e. The smallest absolute Gasteiger partial charge is 0.211 e. The lowest BCUT2D eigenvalue weighted by atomic mass is 9.74. The van der Waals surface area contributed by atoms with Crippen LogP contribution in [0.3, 0.4) is 0 Å². The minimum absolute atomic E-state index is 0.339. The summed E-state index contributed by atoms with van der Waals surface area (Å²) in [6, 6.07) is 2.20. The van der Waals surface area contributed by atoms with Crippen LogP contribution in [0, 0.1) is 5.41 Å². The molecule has 1 saturated carbocycles. The predicted octanol–water partition coefficient (Wildman–Crippen LogP) is 3.42. The summed E-state index contributed by atoms with van der Waals surface area (Å²) in [5.41, 5.74) is 7.65. The Hall–Kier alpha value is -1.90. The Balaban J connectivity index is 1.41. The number of anilines is 1. The molecule has 2 fully saturated rings. The van der Waals surface area contributed by atoms with Gasteiger partial charge in [0.2, 0.25) is 5.95 Å². The van der Waals surface area contributed by atoms with Crippen molar-refractivity contribution in [2.24, 2.45) is 11.1 Å². The van der Waals surface area contributed by atoms with Gasteiger partial charge < -0.3 is 10.6 Å². The van der Waals surface area contributed by atoms with Gasteiger partial charge in [-0.3, -0.25) is 4.40 Å². The summed E-state index contributed by atoms with van der Waals surface area (Å²) in [5, 5.41) is 8.09. The minimum atomic E-state index is 0.339. The molecule has 3 aromatic heterocycles. The number of halogens is 1. The van der Waals surface area contributed by atoms with Crippen LogP contribution >= 0.6 is 23.4 Å². The molecule has 0 aromatic carbocycles. The van der Waals surface area contributed by atoms with Crippen LogP contribution in [0.25, 0.3) is 5.65 Å². The van der Waals surface area contributed by atoms with Gasteiger partial charge in [0, 0.05) is 37.7 Å². The molecule has 0 unspecified atom stereocenters. The van der Waals surface area contributed by atoms with Gasteiger partial charge in [-0.05, 0) is 37.2 Å². The summed E-state index contributed by atoms with van der Waals surface area (Å²) >= 11 is 7.67. The van der Waals surface area contributed by atoms with E-state index in [0.717, 1.165) is 47.3 Å². The number of fused-ring (bicyclic) bond motifs is 1. The van der Waals surface area contributed by atoms with Gasteiger partial charge in [0.15, 0.2) is 10.8 Å². The van der Waals surface area contributed by atoms with Gasteiger partial charge in [-0.15, -0.1) is 5.10 Å². The predicted molar refractivity (Wildman–Crippen MR) is 110 cm³/mol. The molecule has 1 spiro atoms. The van der Waals surface area contributed by atoms with Gasteiger partial charge in [0.25, 0.3) is 0 Å². The van der Waals surface area contributed by atoms with Gasteiger partial charge in [0.1, 0.15) is 0 Å². The van der Waals surface area contributed by atoms with Crippen LogP contribution in [0.15, 0.2) is 40.6 Å². The summed E-state index contributed by atoms with van der Waals surface area (Å²) in [7, 11) is 0. The molecule has 146 valence electrons. The second kappa shape index (κ2) is 7.17. The fraction of sp³-hybridized carbons (Fsp3) is 0.474. The van der Waals surface area contributed by atoms with E-state index < -0.39 is 0 Å². The van der Waals surface area contributed by atoms with Crippen LogP contribution in [0.2, 0.25) is 5.15 Å². The number of nitrogens with zero attached hydrogens (tertiary/aromatic N) is 6. The summed E-state index contributed by atoms with van der Waals surface area (Å²) in [6.07, 6.45) is 13.3. The molecular weight excluding hydrogens is 394 g/mol. The summed E-state index contributed by atoms with van der Waals surface area (Å²) in [5.74, 6) is 0.942. The molecule has 0 amide bonds. The van der Waals surface area contributed by atoms with Gasteiger partial charge in [0.05, 0.1) is 16.0 Å². The largest absolute Gasteiger partial charge is 0.342 e. The van der Waals surface area contributed by atoms with E-state index in [1.54, 1.807) is 6.20 Å². The summed E-state index contributed by atoms with van der Waals surface area (Å²) in [4.78, 5) is 13.5. The van der Waals surface area contributed by atoms with Gasteiger partial charge >= 0.3 is 0 Å². The number of hydrogen-bond donors (Lipinski definition) is 1. The number of rotatable bonds is 3. The summed E-state index contributed by atoms with van der Waals surface area (Å²) in [6.45, 7) is 1.97. The molecule has 1 atom stereocenters. The molecule has 1 saturated heterocycles. The third-order valence-corrected chi connectivity index (χ3v) is 7.70. The van der Waals surface area contributed by atoms with Crippen molar-refractivity contribution in [3.63, 3.8) is 0 Å². The van der Waals surface area contributed by atoms with Crippen molar-refractivity contribution in [3.8, 4) is 0 Å². The Bertz CT molecular complexity index is 999. The second-order valence-corrected chi connectivity index (χ2v) is 9.12. The van der Waals surface area contributed by atoms with Crippen molar-refractivity contribution in [3.05, 3.63) is 36.0 Å². The average Bonchev–Trinajstić information content (AvgIpc) is 3.33. The zero-order valence-electron chi connectivity index (χ0n) is 15.5. The quantitative estimate of drug-likeness (QED) is 0.701. The Kier molecular flexibility index (Phi) is 4.65. The first-order valence-corrected chi connectivity index (χ1v) is 10.8. The Labute approximate surface area is 172 Å². The molecule has 2 N–H and O–H groups in total. The standard InChI is InChI=1S/C19H22ClN7S/c20-16-13(3-7-24-25-16)28-14-12-23-18(27-11-8-22-17(14)27)26-9-5-19(6-10-26)4-1-2-15(19)21/h3,7-8,11-12,15H,1-2,4-6,9-10,21H2/t15-/m1/s1. The topological polar surface area (TPSA) is 85.2 Å². The van der Waals surface area contributed by atoms with Crippen LogP contribution in [0.5, 0.6) is 0 Å². The highest BCUT2D eigenvalue weighted by atomic mass is 35.5. The van der Waals surface area contributed by atoms with E-state index in [1.807, 2.05) is 24.7 Å². The molecular formula is C19H22ClN7S. The van der Waals surface area contributed by atoms with Gasteiger partial charge in [-0.1, -0.05) is 29.8 Å². The first kappa shape index (κ1) is 18.1. The molecule has 0 radical (unpaired) electrons. The van der Waals surface area contributed by atoms with Crippen LogP contribution < -0.4 is 10.6 Å². The molecule has 3 aromatic rings. The lowest BCUT2D eigenvalue weighted by Crippen LogP contribution is -2.47. The van der Waals surface area contributed by atoms with Crippen molar-refractivity contribution in [2.45, 2.75) is 47.9 Å². The fourth-order valence-electron chi connectivity index (χ4n) is 4.63. The van der Waals surface area contributed by atoms with Crippen molar-refractivity contribution in [1.82, 2.24) is 24.6 Å². The third-order valence-electron chi connectivity index (χ3n) is 6.25. The number of piperidine rings is 1. The molecule has 5 rings (SSSR count). The molecule has 4 heterocycles. The molecule has 28 heavy (non-hydrogen) atoms. The Morgan fingerprint density at radius 2 is 2.00 bits per heavy atom. The fourth-order valence-corrected chi connectivity index (χ4v) is 5.69. The van der Waals surface area contributed by atoms with Gasteiger partial charge in [-0.2, -0.15) is 5.10 Å². The molecule has 0 bridgehead atoms. The highest BCUT2D eigenvalue weighted by molar-refractivity contribution is 7.99. The lowest BCUT2D eigenvalue weighted by Gasteiger charge is -2.42. The highest BCUT2D eigenvalue weighted by Gasteiger charge is 2.43. The van der Waals surface area contributed by atoms with E-state index in [4.69, 9.17) is 22.3 Å². The molecule has 1 aliphatic heterocycles. The minimum Gasteiger partial charge on any atom is -0.342 e. The number of nitrogens with two attached hydrogens (primary N) is 1. The summed E-state index contributed by atoms with van der Waals surface area (Å²) < 4.78 is 2.07. The first-order chi connectivity index (χ1) is 13.7. The first-order valence-electron chi connectivity index (χ1n) is 9.64. The molecule has 1 aliphatic carbocycles. The average molecular weight is 416 g/mol. The van der Waals surface area contributed by atoms with Crippen molar-refractivity contribution in [2.75, 3.05) is 18.0 Å². The number of hydrogen-bond acceptors (Lipinski definition) is 7.